The molecule has 13 rings (SSSR count). The first-order valence-corrected chi connectivity index (χ1v) is 19.8. The van der Waals surface area contributed by atoms with Crippen LogP contribution in [0.1, 0.15) is 0 Å². The van der Waals surface area contributed by atoms with Crippen LogP contribution in [0.25, 0.3) is 120 Å². The molecule has 268 valence electrons. The molecule has 0 saturated heterocycles. The molecule has 0 bridgehead atoms. The molecule has 4 heteroatoms. The first-order valence-electron chi connectivity index (χ1n) is 19.8. The van der Waals surface area contributed by atoms with E-state index in [2.05, 4.69) is 203 Å². The lowest BCUT2D eigenvalue weighted by Gasteiger charge is -2.14. The highest BCUT2D eigenvalue weighted by Gasteiger charge is 2.21. The Hall–Kier alpha value is -7.82. The Morgan fingerprint density at radius 2 is 0.810 bits per heavy atom. The molecule has 3 heterocycles. The third-order valence-corrected chi connectivity index (χ3v) is 12.3. The Labute approximate surface area is 332 Å². The van der Waals surface area contributed by atoms with Crippen LogP contribution < -0.4 is 0 Å². The summed E-state index contributed by atoms with van der Waals surface area (Å²) < 4.78 is 4.77. The Balaban J connectivity index is 1.10. The first-order chi connectivity index (χ1) is 28.8. The van der Waals surface area contributed by atoms with Crippen LogP contribution in [0.15, 0.2) is 194 Å². The number of hydrogen-bond donors (Lipinski definition) is 0. The van der Waals surface area contributed by atoms with Gasteiger partial charge in [-0.05, 0) is 104 Å². The fourth-order valence-electron chi connectivity index (χ4n) is 9.67. The van der Waals surface area contributed by atoms with Crippen molar-refractivity contribution in [1.29, 1.82) is 0 Å². The van der Waals surface area contributed by atoms with Crippen LogP contribution in [0.5, 0.6) is 0 Å². The minimum atomic E-state index is 0.700. The Morgan fingerprint density at radius 1 is 0.293 bits per heavy atom. The van der Waals surface area contributed by atoms with Gasteiger partial charge in [-0.15, -0.1) is 0 Å². The summed E-state index contributed by atoms with van der Waals surface area (Å²) in [5.41, 5.74) is 7.61. The van der Waals surface area contributed by atoms with Crippen molar-refractivity contribution in [2.75, 3.05) is 0 Å². The largest absolute Gasteiger partial charge is 0.309 e. The summed E-state index contributed by atoms with van der Waals surface area (Å²) in [6.45, 7) is 0. The highest BCUT2D eigenvalue weighted by atomic mass is 15.1. The monoisotopic (exact) mass is 736 g/mol. The number of fused-ring (bicyclic) bond motifs is 14. The standard InChI is InChI=1S/C54H32N4/c1-2-14-34-31-52-46(29-33(34)13-1)47-32-36(57-49-23-11-8-19-42(49)43-20-9-12-24-50(43)57)26-28-51(47)58(52)54-44-21-7-10-22-48(44)55-53(56-54)35-25-27-41-39-17-4-3-15-37(39)38-16-5-6-18-40(38)45(41)30-35/h1-32H. The van der Waals surface area contributed by atoms with Crippen molar-refractivity contribution in [2.45, 2.75) is 0 Å². The van der Waals surface area contributed by atoms with Gasteiger partial charge in [0.05, 0.1) is 27.6 Å². The van der Waals surface area contributed by atoms with Crippen molar-refractivity contribution in [2.24, 2.45) is 0 Å². The molecule has 0 aliphatic heterocycles. The lowest BCUT2D eigenvalue weighted by Crippen LogP contribution is -2.03. The molecule has 0 unspecified atom stereocenters. The average molecular weight is 737 g/mol. The first kappa shape index (κ1) is 31.4. The lowest BCUT2D eigenvalue weighted by molar-refractivity contribution is 1.08. The van der Waals surface area contributed by atoms with Gasteiger partial charge in [-0.25, -0.2) is 9.97 Å². The van der Waals surface area contributed by atoms with Gasteiger partial charge in [-0.1, -0.05) is 133 Å². The summed E-state index contributed by atoms with van der Waals surface area (Å²) in [6.07, 6.45) is 0. The van der Waals surface area contributed by atoms with E-state index in [1.165, 1.54) is 75.7 Å². The van der Waals surface area contributed by atoms with E-state index in [4.69, 9.17) is 9.97 Å². The van der Waals surface area contributed by atoms with Crippen LogP contribution in [-0.2, 0) is 0 Å². The third kappa shape index (κ3) is 4.40. The third-order valence-electron chi connectivity index (χ3n) is 12.3. The van der Waals surface area contributed by atoms with Gasteiger partial charge in [-0.3, -0.25) is 4.57 Å². The molecular weight excluding hydrogens is 705 g/mol. The van der Waals surface area contributed by atoms with Gasteiger partial charge in [0.1, 0.15) is 5.82 Å². The number of aromatic nitrogens is 4. The van der Waals surface area contributed by atoms with Gasteiger partial charge in [0.2, 0.25) is 0 Å². The fraction of sp³-hybridized carbons (Fsp3) is 0. The van der Waals surface area contributed by atoms with Crippen molar-refractivity contribution in [1.82, 2.24) is 19.1 Å². The summed E-state index contributed by atoms with van der Waals surface area (Å²) in [5, 5.41) is 15.7. The Morgan fingerprint density at radius 3 is 1.50 bits per heavy atom. The summed E-state index contributed by atoms with van der Waals surface area (Å²) in [6, 6.07) is 70.2. The molecule has 0 saturated carbocycles. The zero-order valence-electron chi connectivity index (χ0n) is 31.3. The predicted molar refractivity (Wildman–Crippen MR) is 244 cm³/mol. The van der Waals surface area contributed by atoms with E-state index in [0.29, 0.717) is 5.82 Å². The molecule has 4 nitrogen and oxygen atoms in total. The maximum Gasteiger partial charge on any atom is 0.162 e. The van der Waals surface area contributed by atoms with Crippen molar-refractivity contribution in [3.63, 3.8) is 0 Å². The van der Waals surface area contributed by atoms with E-state index in [1.807, 2.05) is 0 Å². The van der Waals surface area contributed by atoms with E-state index in [1.54, 1.807) is 0 Å². The van der Waals surface area contributed by atoms with Crippen molar-refractivity contribution >= 4 is 97.6 Å². The number of hydrogen-bond acceptors (Lipinski definition) is 2. The Kier molecular flexibility index (Phi) is 6.41. The second-order valence-corrected chi connectivity index (χ2v) is 15.4. The van der Waals surface area contributed by atoms with E-state index in [-0.39, 0.29) is 0 Å². The highest BCUT2D eigenvalue weighted by Crippen LogP contribution is 2.41. The normalized spacial score (nSPS) is 12.1. The number of benzene rings is 10. The predicted octanol–water partition coefficient (Wildman–Crippen LogP) is 14.1. The lowest BCUT2D eigenvalue weighted by atomic mass is 9.93. The van der Waals surface area contributed by atoms with Crippen molar-refractivity contribution < 1.29 is 0 Å². The van der Waals surface area contributed by atoms with Crippen LogP contribution in [0.3, 0.4) is 0 Å². The molecule has 0 radical (unpaired) electrons. The molecule has 10 aromatic carbocycles. The smallest absolute Gasteiger partial charge is 0.162 e. The van der Waals surface area contributed by atoms with Crippen molar-refractivity contribution in [3.8, 4) is 22.9 Å². The Bertz CT molecular complexity index is 3780. The molecule has 58 heavy (non-hydrogen) atoms. The van der Waals surface area contributed by atoms with Gasteiger partial charge in [-0.2, -0.15) is 0 Å². The molecule has 3 aromatic heterocycles. The maximum absolute atomic E-state index is 5.54. The molecule has 0 amide bonds. The summed E-state index contributed by atoms with van der Waals surface area (Å²) in [7, 11) is 0. The number of para-hydroxylation sites is 3. The minimum absolute atomic E-state index is 0.700. The van der Waals surface area contributed by atoms with Gasteiger partial charge >= 0.3 is 0 Å². The van der Waals surface area contributed by atoms with E-state index >= 15 is 0 Å². The number of rotatable bonds is 3. The van der Waals surface area contributed by atoms with Crippen LogP contribution in [-0.4, -0.2) is 19.1 Å². The SMILES string of the molecule is c1ccc2cc3c(cc2c1)c1cc(-n2c4ccccc4c4ccccc42)ccc1n3-c1nc(-c2ccc3c4ccccc4c4ccccc4c3c2)nc2ccccc12. The van der Waals surface area contributed by atoms with Crippen LogP contribution in [0, 0.1) is 0 Å². The number of nitrogens with zero attached hydrogens (tertiary/aromatic N) is 4. The maximum atomic E-state index is 5.54. The van der Waals surface area contributed by atoms with Gasteiger partial charge in [0.25, 0.3) is 0 Å². The van der Waals surface area contributed by atoms with Gasteiger partial charge in [0.15, 0.2) is 5.82 Å². The van der Waals surface area contributed by atoms with Crippen LogP contribution in [0.2, 0.25) is 0 Å². The van der Waals surface area contributed by atoms with Gasteiger partial charge in [0, 0.05) is 38.2 Å². The molecule has 0 N–H and O–H groups in total. The summed E-state index contributed by atoms with van der Waals surface area (Å²) in [5.74, 6) is 1.56. The molecular formula is C54H32N4. The molecule has 0 aliphatic rings. The molecule has 0 atom stereocenters. The van der Waals surface area contributed by atoms with Crippen LogP contribution in [0.4, 0.5) is 0 Å². The summed E-state index contributed by atoms with van der Waals surface area (Å²) in [4.78, 5) is 10.8. The molecule has 13 aromatic rings. The van der Waals surface area contributed by atoms with E-state index < -0.39 is 0 Å². The van der Waals surface area contributed by atoms with E-state index in [9.17, 15) is 0 Å². The quantitative estimate of drug-likeness (QED) is 0.169. The summed E-state index contributed by atoms with van der Waals surface area (Å²) >= 11 is 0. The second-order valence-electron chi connectivity index (χ2n) is 15.4. The molecule has 0 spiro atoms. The second kappa shape index (κ2) is 11.8. The molecule has 0 fully saturated rings. The van der Waals surface area contributed by atoms with Gasteiger partial charge < -0.3 is 4.57 Å². The van der Waals surface area contributed by atoms with E-state index in [0.717, 1.165) is 39.0 Å². The zero-order valence-corrected chi connectivity index (χ0v) is 31.3. The van der Waals surface area contributed by atoms with Crippen molar-refractivity contribution in [3.05, 3.63) is 194 Å². The minimum Gasteiger partial charge on any atom is -0.309 e. The highest BCUT2D eigenvalue weighted by molar-refractivity contribution is 6.26. The van der Waals surface area contributed by atoms with Crippen LogP contribution >= 0.6 is 0 Å². The fourth-order valence-corrected chi connectivity index (χ4v) is 9.67. The molecule has 0 aliphatic carbocycles. The zero-order chi connectivity index (χ0) is 37.9. The average Bonchev–Trinajstić information content (AvgIpc) is 3.79. The topological polar surface area (TPSA) is 35.6 Å².